The molecular formula is C32H32Cl3N3O5. The number of aliphatic hydroxyl groups is 1. The summed E-state index contributed by atoms with van der Waals surface area (Å²) in [6.07, 6.45) is 2.77. The number of halogens is 3. The van der Waals surface area contributed by atoms with Crippen LogP contribution in [0.25, 0.3) is 11.3 Å². The second kappa shape index (κ2) is 12.2. The van der Waals surface area contributed by atoms with E-state index in [9.17, 15) is 9.90 Å². The lowest BCUT2D eigenvalue weighted by Gasteiger charge is -2.45. The van der Waals surface area contributed by atoms with Crippen molar-refractivity contribution in [2.24, 2.45) is 0 Å². The van der Waals surface area contributed by atoms with Gasteiger partial charge < -0.3 is 19.1 Å². The molecule has 4 aromatic rings. The lowest BCUT2D eigenvalue weighted by atomic mass is 9.73. The number of hydrogen-bond donors (Lipinski definition) is 1. The van der Waals surface area contributed by atoms with Gasteiger partial charge in [-0.05, 0) is 51.3 Å². The van der Waals surface area contributed by atoms with Crippen LogP contribution >= 0.6 is 34.8 Å². The maximum absolute atomic E-state index is 13.3. The SMILES string of the molecule is CCc1cn(C(C)C)nc1C(=O)O[C@@H]1C(Cl)[C@@H](O)C1c1ccccc1OCc1c(-c2c(Cl)cccc2Cl)noc1C1CC1. The van der Waals surface area contributed by atoms with Crippen molar-refractivity contribution in [3.63, 3.8) is 0 Å². The van der Waals surface area contributed by atoms with Crippen LogP contribution in [0.15, 0.2) is 53.2 Å². The molecule has 0 amide bonds. The van der Waals surface area contributed by atoms with Gasteiger partial charge in [0.25, 0.3) is 0 Å². The first-order chi connectivity index (χ1) is 20.7. The van der Waals surface area contributed by atoms with E-state index < -0.39 is 29.5 Å². The number of para-hydroxylation sites is 1. The van der Waals surface area contributed by atoms with Crippen molar-refractivity contribution in [2.75, 3.05) is 0 Å². The normalized spacial score (nSPS) is 21.6. The second-order valence-electron chi connectivity index (χ2n) is 11.3. The highest BCUT2D eigenvalue weighted by Gasteiger charge is 2.53. The number of aryl methyl sites for hydroxylation is 1. The molecule has 0 saturated heterocycles. The van der Waals surface area contributed by atoms with Crippen molar-refractivity contribution < 1.29 is 23.9 Å². The van der Waals surface area contributed by atoms with Gasteiger partial charge >= 0.3 is 5.97 Å². The van der Waals surface area contributed by atoms with Crippen molar-refractivity contribution in [1.29, 1.82) is 0 Å². The molecule has 43 heavy (non-hydrogen) atoms. The van der Waals surface area contributed by atoms with Crippen LogP contribution in [0.3, 0.4) is 0 Å². The molecule has 4 atom stereocenters. The number of benzene rings is 2. The summed E-state index contributed by atoms with van der Waals surface area (Å²) in [5, 5.41) is 19.9. The summed E-state index contributed by atoms with van der Waals surface area (Å²) >= 11 is 19.6. The van der Waals surface area contributed by atoms with E-state index in [1.165, 1.54) is 0 Å². The fraction of sp³-hybridized carbons (Fsp3) is 0.406. The molecule has 6 rings (SSSR count). The van der Waals surface area contributed by atoms with E-state index in [1.807, 2.05) is 51.2 Å². The number of esters is 1. The van der Waals surface area contributed by atoms with Gasteiger partial charge in [0.15, 0.2) is 5.69 Å². The smallest absolute Gasteiger partial charge is 0.359 e. The number of aliphatic hydroxyl groups excluding tert-OH is 1. The Morgan fingerprint density at radius 2 is 1.86 bits per heavy atom. The molecule has 226 valence electrons. The minimum atomic E-state index is -0.946. The molecule has 0 spiro atoms. The predicted molar refractivity (Wildman–Crippen MR) is 164 cm³/mol. The minimum Gasteiger partial charge on any atom is -0.488 e. The highest BCUT2D eigenvalue weighted by molar-refractivity contribution is 6.39. The molecule has 0 aliphatic heterocycles. The first-order valence-electron chi connectivity index (χ1n) is 14.4. The molecule has 2 fully saturated rings. The Bertz CT molecular complexity index is 1630. The van der Waals surface area contributed by atoms with Gasteiger partial charge in [-0.15, -0.1) is 11.6 Å². The van der Waals surface area contributed by atoms with Gasteiger partial charge in [0, 0.05) is 34.8 Å². The maximum Gasteiger partial charge on any atom is 0.359 e. The number of alkyl halides is 1. The Hall–Kier alpha value is -3.04. The van der Waals surface area contributed by atoms with Crippen LogP contribution in [0.4, 0.5) is 0 Å². The molecule has 11 heteroatoms. The highest BCUT2D eigenvalue weighted by Crippen LogP contribution is 2.48. The number of nitrogens with zero attached hydrogens (tertiary/aromatic N) is 3. The lowest BCUT2D eigenvalue weighted by Crippen LogP contribution is -2.57. The fourth-order valence-electron chi connectivity index (χ4n) is 5.53. The largest absolute Gasteiger partial charge is 0.488 e. The molecule has 2 heterocycles. The standard InChI is InChI=1S/C32H32Cl3N3O5/c1-4-17-14-38(16(2)3)36-27(17)32(40)42-31-24(29(39)26(31)35)19-8-5-6-11-23(19)41-15-20-28(37-43-30(20)18-12-13-18)25-21(33)9-7-10-22(25)34/h5-11,14,16,18,24,26,29,31,39H,4,12-13,15H2,1-3H3/t24?,26?,29-,31-/m0/s1. The summed E-state index contributed by atoms with van der Waals surface area (Å²) < 4.78 is 19.8. The van der Waals surface area contributed by atoms with Crippen LogP contribution in [0.2, 0.25) is 10.0 Å². The number of carbonyl (C=O) groups excluding carboxylic acids is 1. The summed E-state index contributed by atoms with van der Waals surface area (Å²) in [7, 11) is 0. The van der Waals surface area contributed by atoms with Crippen molar-refractivity contribution in [3.8, 4) is 17.0 Å². The van der Waals surface area contributed by atoms with E-state index in [0.29, 0.717) is 39.0 Å². The molecule has 2 aromatic carbocycles. The van der Waals surface area contributed by atoms with Crippen LogP contribution < -0.4 is 4.74 Å². The summed E-state index contributed by atoms with van der Waals surface area (Å²) in [6, 6.07) is 12.7. The summed E-state index contributed by atoms with van der Waals surface area (Å²) in [5.41, 5.74) is 3.63. The van der Waals surface area contributed by atoms with Crippen LogP contribution in [-0.4, -0.2) is 43.6 Å². The molecule has 2 unspecified atom stereocenters. The second-order valence-corrected chi connectivity index (χ2v) is 12.7. The van der Waals surface area contributed by atoms with Gasteiger partial charge in [-0.25, -0.2) is 4.79 Å². The average Bonchev–Trinajstić information content (AvgIpc) is 3.60. The first-order valence-corrected chi connectivity index (χ1v) is 15.6. The molecular weight excluding hydrogens is 613 g/mol. The number of hydrogen-bond acceptors (Lipinski definition) is 7. The molecule has 1 N–H and O–H groups in total. The lowest BCUT2D eigenvalue weighted by molar-refractivity contribution is -0.0642. The number of ether oxygens (including phenoxy) is 2. The molecule has 2 aliphatic rings. The zero-order valence-electron chi connectivity index (χ0n) is 24.0. The molecule has 2 aromatic heterocycles. The minimum absolute atomic E-state index is 0.0928. The molecule has 2 saturated carbocycles. The van der Waals surface area contributed by atoms with E-state index in [-0.39, 0.29) is 24.3 Å². The highest BCUT2D eigenvalue weighted by atomic mass is 35.5. The Morgan fingerprint density at radius 3 is 2.53 bits per heavy atom. The third kappa shape index (κ3) is 5.66. The molecule has 8 nitrogen and oxygen atoms in total. The third-order valence-corrected chi connectivity index (χ3v) is 9.27. The molecule has 2 aliphatic carbocycles. The van der Waals surface area contributed by atoms with Gasteiger partial charge in [0.2, 0.25) is 0 Å². The average molecular weight is 645 g/mol. The predicted octanol–water partition coefficient (Wildman–Crippen LogP) is 7.74. The summed E-state index contributed by atoms with van der Waals surface area (Å²) in [5.74, 6) is 0.378. The van der Waals surface area contributed by atoms with Gasteiger partial charge in [-0.2, -0.15) is 5.10 Å². The zero-order chi connectivity index (χ0) is 30.4. The van der Waals surface area contributed by atoms with E-state index in [2.05, 4.69) is 10.3 Å². The van der Waals surface area contributed by atoms with Crippen molar-refractivity contribution in [3.05, 3.63) is 86.9 Å². The van der Waals surface area contributed by atoms with E-state index in [0.717, 1.165) is 29.7 Å². The molecule has 0 radical (unpaired) electrons. The van der Waals surface area contributed by atoms with Crippen LogP contribution in [-0.2, 0) is 17.8 Å². The van der Waals surface area contributed by atoms with E-state index >= 15 is 0 Å². The van der Waals surface area contributed by atoms with Crippen LogP contribution in [0.5, 0.6) is 5.75 Å². The Kier molecular flexibility index (Phi) is 8.48. The van der Waals surface area contributed by atoms with Crippen molar-refractivity contribution >= 4 is 40.8 Å². The third-order valence-electron chi connectivity index (χ3n) is 8.13. The van der Waals surface area contributed by atoms with Gasteiger partial charge in [-0.3, -0.25) is 4.68 Å². The van der Waals surface area contributed by atoms with Crippen LogP contribution in [0, 0.1) is 0 Å². The maximum atomic E-state index is 13.3. The number of carbonyl (C=O) groups is 1. The molecule has 0 bridgehead atoms. The number of rotatable bonds is 10. The van der Waals surface area contributed by atoms with Crippen molar-refractivity contribution in [1.82, 2.24) is 14.9 Å². The van der Waals surface area contributed by atoms with Crippen LogP contribution in [0.1, 0.15) is 84.4 Å². The Morgan fingerprint density at radius 1 is 1.14 bits per heavy atom. The van der Waals surface area contributed by atoms with E-state index in [1.54, 1.807) is 22.9 Å². The summed E-state index contributed by atoms with van der Waals surface area (Å²) in [4.78, 5) is 13.3. The summed E-state index contributed by atoms with van der Waals surface area (Å²) in [6.45, 7) is 6.07. The quantitative estimate of drug-likeness (QED) is 0.139. The number of aromatic nitrogens is 3. The first kappa shape index (κ1) is 30.0. The van der Waals surface area contributed by atoms with Gasteiger partial charge in [-0.1, -0.05) is 59.5 Å². The van der Waals surface area contributed by atoms with Gasteiger partial charge in [0.1, 0.15) is 29.9 Å². The Balaban J connectivity index is 1.26. The van der Waals surface area contributed by atoms with Gasteiger partial charge in [0.05, 0.1) is 33.0 Å². The Labute approximate surface area is 264 Å². The zero-order valence-corrected chi connectivity index (χ0v) is 26.2. The topological polar surface area (TPSA) is 99.6 Å². The fourth-order valence-corrected chi connectivity index (χ4v) is 6.47. The van der Waals surface area contributed by atoms with Crippen molar-refractivity contribution in [2.45, 2.75) is 82.1 Å². The van der Waals surface area contributed by atoms with E-state index in [4.69, 9.17) is 48.8 Å². The monoisotopic (exact) mass is 643 g/mol.